The molecule has 1 aliphatic heterocycles. The van der Waals surface area contributed by atoms with Gasteiger partial charge in [0.05, 0.1) is 0 Å². The zero-order valence-electron chi connectivity index (χ0n) is 13.0. The van der Waals surface area contributed by atoms with Gasteiger partial charge in [-0.3, -0.25) is 4.90 Å². The molecule has 0 saturated carbocycles. The van der Waals surface area contributed by atoms with Crippen molar-refractivity contribution in [3.63, 3.8) is 0 Å². The second kappa shape index (κ2) is 5.63. The Bertz CT molecular complexity index is 408. The molecule has 1 atom stereocenters. The highest BCUT2D eigenvalue weighted by Gasteiger charge is 2.33. The standard InChI is InChI=1S/C15H28N4/c1-12(2)14-10-17-15(4,5)11-19(14)9-8-18-7-6-16-13(18)3/h6-7,12,14,17H,8-11H2,1-5H3. The Labute approximate surface area is 117 Å². The highest BCUT2D eigenvalue weighted by molar-refractivity contribution is 4.94. The minimum absolute atomic E-state index is 0.218. The third-order valence-corrected chi connectivity index (χ3v) is 4.18. The third-order valence-electron chi connectivity index (χ3n) is 4.18. The summed E-state index contributed by atoms with van der Waals surface area (Å²) in [4.78, 5) is 6.93. The fraction of sp³-hybridized carbons (Fsp3) is 0.800. The van der Waals surface area contributed by atoms with Gasteiger partial charge in [-0.2, -0.15) is 0 Å². The van der Waals surface area contributed by atoms with E-state index in [2.05, 4.69) is 60.6 Å². The number of nitrogens with one attached hydrogen (secondary N) is 1. The van der Waals surface area contributed by atoms with Crippen molar-refractivity contribution in [2.24, 2.45) is 5.92 Å². The second-order valence-corrected chi connectivity index (χ2v) is 6.71. The molecular formula is C15H28N4. The zero-order chi connectivity index (χ0) is 14.0. The van der Waals surface area contributed by atoms with Crippen LogP contribution in [-0.4, -0.2) is 45.7 Å². The number of aryl methyl sites for hydroxylation is 1. The topological polar surface area (TPSA) is 33.1 Å². The maximum absolute atomic E-state index is 4.30. The number of hydrogen-bond acceptors (Lipinski definition) is 3. The SMILES string of the molecule is Cc1nccn1CCN1CC(C)(C)NCC1C(C)C. The molecule has 4 heteroatoms. The summed E-state index contributed by atoms with van der Waals surface area (Å²) in [5.74, 6) is 1.79. The summed E-state index contributed by atoms with van der Waals surface area (Å²) in [6.07, 6.45) is 3.96. The van der Waals surface area contributed by atoms with Crippen LogP contribution in [0.5, 0.6) is 0 Å². The summed E-state index contributed by atoms with van der Waals surface area (Å²) >= 11 is 0. The van der Waals surface area contributed by atoms with Crippen LogP contribution in [-0.2, 0) is 6.54 Å². The van der Waals surface area contributed by atoms with E-state index >= 15 is 0 Å². The Morgan fingerprint density at radius 3 is 2.74 bits per heavy atom. The lowest BCUT2D eigenvalue weighted by atomic mass is 9.93. The summed E-state index contributed by atoms with van der Waals surface area (Å²) in [7, 11) is 0. The number of imidazole rings is 1. The van der Waals surface area contributed by atoms with Crippen molar-refractivity contribution in [2.75, 3.05) is 19.6 Å². The van der Waals surface area contributed by atoms with Crippen molar-refractivity contribution in [1.29, 1.82) is 0 Å². The molecule has 1 aromatic heterocycles. The number of piperazine rings is 1. The van der Waals surface area contributed by atoms with Gasteiger partial charge in [0.25, 0.3) is 0 Å². The van der Waals surface area contributed by atoms with Crippen molar-refractivity contribution < 1.29 is 0 Å². The summed E-state index contributed by atoms with van der Waals surface area (Å²) in [6, 6.07) is 0.636. The summed E-state index contributed by atoms with van der Waals surface area (Å²) in [5, 5.41) is 3.66. The number of aromatic nitrogens is 2. The maximum Gasteiger partial charge on any atom is 0.105 e. The fourth-order valence-corrected chi connectivity index (χ4v) is 2.97. The van der Waals surface area contributed by atoms with Crippen LogP contribution in [0.2, 0.25) is 0 Å². The first-order valence-electron chi connectivity index (χ1n) is 7.36. The molecule has 1 saturated heterocycles. The van der Waals surface area contributed by atoms with Crippen molar-refractivity contribution in [2.45, 2.75) is 52.7 Å². The first-order valence-corrected chi connectivity index (χ1v) is 7.36. The Morgan fingerprint density at radius 1 is 1.42 bits per heavy atom. The fourth-order valence-electron chi connectivity index (χ4n) is 2.97. The highest BCUT2D eigenvalue weighted by atomic mass is 15.3. The van der Waals surface area contributed by atoms with Crippen LogP contribution in [0.1, 0.15) is 33.5 Å². The molecule has 0 spiro atoms. The Hall–Kier alpha value is -0.870. The number of hydrogen-bond donors (Lipinski definition) is 1. The van der Waals surface area contributed by atoms with Gasteiger partial charge < -0.3 is 9.88 Å². The van der Waals surface area contributed by atoms with Gasteiger partial charge in [-0.15, -0.1) is 0 Å². The molecule has 1 N–H and O–H groups in total. The van der Waals surface area contributed by atoms with Gasteiger partial charge >= 0.3 is 0 Å². The number of rotatable bonds is 4. The summed E-state index contributed by atoms with van der Waals surface area (Å²) < 4.78 is 2.24. The van der Waals surface area contributed by atoms with E-state index in [0.717, 1.165) is 32.0 Å². The van der Waals surface area contributed by atoms with Gasteiger partial charge in [0.1, 0.15) is 5.82 Å². The van der Waals surface area contributed by atoms with E-state index in [1.165, 1.54) is 0 Å². The van der Waals surface area contributed by atoms with Crippen LogP contribution in [0, 0.1) is 12.8 Å². The Balaban J connectivity index is 2.00. The molecule has 1 unspecified atom stereocenters. The molecule has 1 aliphatic rings. The molecular weight excluding hydrogens is 236 g/mol. The quantitative estimate of drug-likeness (QED) is 0.901. The van der Waals surface area contributed by atoms with E-state index < -0.39 is 0 Å². The van der Waals surface area contributed by atoms with E-state index in [-0.39, 0.29) is 5.54 Å². The molecule has 0 amide bonds. The van der Waals surface area contributed by atoms with E-state index in [1.54, 1.807) is 0 Å². The monoisotopic (exact) mass is 264 g/mol. The predicted octanol–water partition coefficient (Wildman–Crippen LogP) is 1.90. The first-order chi connectivity index (χ1) is 8.89. The minimum atomic E-state index is 0.218. The van der Waals surface area contributed by atoms with Crippen molar-refractivity contribution in [1.82, 2.24) is 19.8 Å². The smallest absolute Gasteiger partial charge is 0.105 e. The van der Waals surface area contributed by atoms with E-state index in [1.807, 2.05) is 6.20 Å². The largest absolute Gasteiger partial charge is 0.334 e. The van der Waals surface area contributed by atoms with Crippen molar-refractivity contribution in [3.8, 4) is 0 Å². The van der Waals surface area contributed by atoms with Gasteiger partial charge in [-0.05, 0) is 26.7 Å². The highest BCUT2D eigenvalue weighted by Crippen LogP contribution is 2.20. The van der Waals surface area contributed by atoms with Crippen LogP contribution in [0.15, 0.2) is 12.4 Å². The lowest BCUT2D eigenvalue weighted by Gasteiger charge is -2.46. The molecule has 1 aromatic rings. The van der Waals surface area contributed by atoms with Crippen LogP contribution in [0.3, 0.4) is 0 Å². The normalized spacial score (nSPS) is 24.0. The van der Waals surface area contributed by atoms with Gasteiger partial charge in [0.2, 0.25) is 0 Å². The molecule has 0 bridgehead atoms. The molecule has 108 valence electrons. The lowest BCUT2D eigenvalue weighted by molar-refractivity contribution is 0.0662. The van der Waals surface area contributed by atoms with Crippen LogP contribution >= 0.6 is 0 Å². The lowest BCUT2D eigenvalue weighted by Crippen LogP contribution is -2.63. The molecule has 1 fully saturated rings. The van der Waals surface area contributed by atoms with E-state index in [4.69, 9.17) is 0 Å². The average Bonchev–Trinajstić information content (AvgIpc) is 2.70. The van der Waals surface area contributed by atoms with Gasteiger partial charge in [0, 0.05) is 50.2 Å². The number of nitrogens with zero attached hydrogens (tertiary/aromatic N) is 3. The van der Waals surface area contributed by atoms with E-state index in [0.29, 0.717) is 12.0 Å². The van der Waals surface area contributed by atoms with E-state index in [9.17, 15) is 0 Å². The van der Waals surface area contributed by atoms with Crippen molar-refractivity contribution in [3.05, 3.63) is 18.2 Å². The predicted molar refractivity (Wildman–Crippen MR) is 79.2 cm³/mol. The molecule has 2 heterocycles. The van der Waals surface area contributed by atoms with Crippen molar-refractivity contribution >= 4 is 0 Å². The molecule has 4 nitrogen and oxygen atoms in total. The molecule has 0 aliphatic carbocycles. The Kier molecular flexibility index (Phi) is 4.31. The summed E-state index contributed by atoms with van der Waals surface area (Å²) in [5.41, 5.74) is 0.218. The minimum Gasteiger partial charge on any atom is -0.334 e. The average molecular weight is 264 g/mol. The summed E-state index contributed by atoms with van der Waals surface area (Å²) in [6.45, 7) is 15.6. The van der Waals surface area contributed by atoms with Gasteiger partial charge in [-0.25, -0.2) is 4.98 Å². The molecule has 0 aromatic carbocycles. The Morgan fingerprint density at radius 2 is 2.16 bits per heavy atom. The molecule has 0 radical (unpaired) electrons. The first kappa shape index (κ1) is 14.5. The second-order valence-electron chi connectivity index (χ2n) is 6.71. The van der Waals surface area contributed by atoms with Crippen LogP contribution in [0.4, 0.5) is 0 Å². The van der Waals surface area contributed by atoms with Gasteiger partial charge in [0.15, 0.2) is 0 Å². The van der Waals surface area contributed by atoms with Crippen LogP contribution in [0.25, 0.3) is 0 Å². The molecule has 19 heavy (non-hydrogen) atoms. The zero-order valence-corrected chi connectivity index (χ0v) is 13.0. The van der Waals surface area contributed by atoms with Gasteiger partial charge in [-0.1, -0.05) is 13.8 Å². The third kappa shape index (κ3) is 3.57. The van der Waals surface area contributed by atoms with Crippen LogP contribution < -0.4 is 5.32 Å². The maximum atomic E-state index is 4.30. The molecule has 2 rings (SSSR count).